The summed E-state index contributed by atoms with van der Waals surface area (Å²) in [6, 6.07) is 8.09. The molecule has 1 aliphatic carbocycles. The van der Waals surface area contributed by atoms with Gasteiger partial charge >= 0.3 is 0 Å². The monoisotopic (exact) mass is 360 g/mol. The van der Waals surface area contributed by atoms with Gasteiger partial charge in [0.05, 0.1) is 0 Å². The normalized spacial score (nSPS) is 21.0. The first kappa shape index (κ1) is 18.8. The van der Waals surface area contributed by atoms with Crippen molar-refractivity contribution < 1.29 is 4.79 Å². The van der Waals surface area contributed by atoms with Crippen molar-refractivity contribution >= 4 is 17.7 Å². The lowest BCUT2D eigenvalue weighted by atomic mass is 9.79. The van der Waals surface area contributed by atoms with Gasteiger partial charge in [-0.15, -0.1) is 0 Å². The average Bonchev–Trinajstić information content (AvgIpc) is 2.68. The molecule has 2 fully saturated rings. The maximum absolute atomic E-state index is 12.6. The molecule has 1 saturated carbocycles. The Labute approximate surface area is 156 Å². The van der Waals surface area contributed by atoms with Gasteiger partial charge in [0.25, 0.3) is 5.91 Å². The minimum absolute atomic E-state index is 0.0812. The number of likely N-dealkylation sites (tertiary alicyclic amines) is 1. The van der Waals surface area contributed by atoms with Crippen molar-refractivity contribution in [1.82, 2.24) is 10.2 Å². The van der Waals surface area contributed by atoms with Crippen molar-refractivity contribution in [3.63, 3.8) is 0 Å². The summed E-state index contributed by atoms with van der Waals surface area (Å²) >= 11 is 1.81. The molecular weight excluding hydrogens is 328 g/mol. The van der Waals surface area contributed by atoms with Crippen LogP contribution in [0.25, 0.3) is 0 Å². The van der Waals surface area contributed by atoms with E-state index in [1.807, 2.05) is 23.9 Å². The number of carbonyl (C=O) groups is 1. The van der Waals surface area contributed by atoms with Gasteiger partial charge in [-0.1, -0.05) is 37.8 Å². The standard InChI is InChI=1S/C21H32N2OS/c1-25-16-18-8-10-19(11-9-18)20(24)22-17-21(12-4-2-5-13-21)23-14-6-3-7-15-23/h8-11H,2-7,12-17H2,1H3,(H,22,24). The summed E-state index contributed by atoms with van der Waals surface area (Å²) in [7, 11) is 0. The number of hydrogen-bond acceptors (Lipinski definition) is 3. The third kappa shape index (κ3) is 4.79. The lowest BCUT2D eigenvalue weighted by Gasteiger charge is -2.48. The minimum atomic E-state index is 0.0812. The van der Waals surface area contributed by atoms with E-state index in [2.05, 4.69) is 28.6 Å². The van der Waals surface area contributed by atoms with E-state index in [-0.39, 0.29) is 11.4 Å². The fourth-order valence-corrected chi connectivity index (χ4v) is 4.97. The summed E-state index contributed by atoms with van der Waals surface area (Å²) in [4.78, 5) is 15.3. The zero-order valence-electron chi connectivity index (χ0n) is 15.6. The Morgan fingerprint density at radius 3 is 2.32 bits per heavy atom. The number of thioether (sulfide) groups is 1. The van der Waals surface area contributed by atoms with E-state index < -0.39 is 0 Å². The maximum atomic E-state index is 12.6. The molecule has 1 amide bonds. The number of benzene rings is 1. The van der Waals surface area contributed by atoms with Gasteiger partial charge in [-0.2, -0.15) is 11.8 Å². The fourth-order valence-electron chi connectivity index (χ4n) is 4.45. The molecule has 0 atom stereocenters. The highest BCUT2D eigenvalue weighted by Crippen LogP contribution is 2.35. The molecule has 3 rings (SSSR count). The predicted octanol–water partition coefficient (Wildman–Crippen LogP) is 4.47. The third-order valence-corrected chi connectivity index (χ3v) is 6.54. The number of nitrogens with zero attached hydrogens (tertiary/aromatic N) is 1. The Balaban J connectivity index is 1.62. The van der Waals surface area contributed by atoms with Crippen LogP contribution in [0, 0.1) is 0 Å². The van der Waals surface area contributed by atoms with Crippen LogP contribution in [0.1, 0.15) is 67.3 Å². The zero-order valence-corrected chi connectivity index (χ0v) is 16.4. The molecule has 138 valence electrons. The van der Waals surface area contributed by atoms with Crippen LogP contribution in [-0.2, 0) is 5.75 Å². The molecule has 0 bridgehead atoms. The van der Waals surface area contributed by atoms with Gasteiger partial charge < -0.3 is 5.32 Å². The number of hydrogen-bond donors (Lipinski definition) is 1. The van der Waals surface area contributed by atoms with Gasteiger partial charge in [0, 0.05) is 23.4 Å². The molecule has 3 nitrogen and oxygen atoms in total. The molecule has 1 aromatic rings. The predicted molar refractivity (Wildman–Crippen MR) is 107 cm³/mol. The van der Waals surface area contributed by atoms with Gasteiger partial charge in [0.1, 0.15) is 0 Å². The van der Waals surface area contributed by atoms with Crippen LogP contribution in [0.4, 0.5) is 0 Å². The maximum Gasteiger partial charge on any atom is 0.251 e. The first-order valence-corrected chi connectivity index (χ1v) is 11.2. The molecule has 1 N–H and O–H groups in total. The first-order chi connectivity index (χ1) is 12.2. The van der Waals surface area contributed by atoms with Gasteiger partial charge in [-0.25, -0.2) is 0 Å². The molecule has 1 heterocycles. The lowest BCUT2D eigenvalue weighted by molar-refractivity contribution is 0.0326. The second-order valence-electron chi connectivity index (χ2n) is 7.65. The smallest absolute Gasteiger partial charge is 0.251 e. The van der Waals surface area contributed by atoms with Crippen molar-refractivity contribution in [3.8, 4) is 0 Å². The van der Waals surface area contributed by atoms with Crippen molar-refractivity contribution in [2.24, 2.45) is 0 Å². The molecule has 0 aromatic heterocycles. The van der Waals surface area contributed by atoms with Gasteiger partial charge in [0.15, 0.2) is 0 Å². The van der Waals surface area contributed by atoms with Crippen LogP contribution in [0.2, 0.25) is 0 Å². The van der Waals surface area contributed by atoms with Crippen molar-refractivity contribution in [2.75, 3.05) is 25.9 Å². The van der Waals surface area contributed by atoms with E-state index in [9.17, 15) is 4.79 Å². The zero-order chi connectivity index (χ0) is 17.5. The van der Waals surface area contributed by atoms with Crippen LogP contribution >= 0.6 is 11.8 Å². The minimum Gasteiger partial charge on any atom is -0.350 e. The van der Waals surface area contributed by atoms with Gasteiger partial charge in [-0.05, 0) is 62.7 Å². The summed E-state index contributed by atoms with van der Waals surface area (Å²) in [5.41, 5.74) is 2.27. The van der Waals surface area contributed by atoms with Crippen LogP contribution in [0.3, 0.4) is 0 Å². The first-order valence-electron chi connectivity index (χ1n) is 9.85. The quantitative estimate of drug-likeness (QED) is 0.812. The van der Waals surface area contributed by atoms with Gasteiger partial charge in [0.2, 0.25) is 0 Å². The molecule has 25 heavy (non-hydrogen) atoms. The Hall–Kier alpha value is -1.00. The van der Waals surface area contributed by atoms with Crippen molar-refractivity contribution in [1.29, 1.82) is 0 Å². The summed E-state index contributed by atoms with van der Waals surface area (Å²) in [6.45, 7) is 3.22. The van der Waals surface area contributed by atoms with Crippen molar-refractivity contribution in [2.45, 2.75) is 62.7 Å². The van der Waals surface area contributed by atoms with Crippen LogP contribution in [0.5, 0.6) is 0 Å². The molecule has 0 spiro atoms. The molecule has 2 aliphatic rings. The highest BCUT2D eigenvalue weighted by Gasteiger charge is 2.38. The Morgan fingerprint density at radius 2 is 1.68 bits per heavy atom. The molecule has 1 aromatic carbocycles. The number of carbonyl (C=O) groups excluding carboxylic acids is 1. The highest BCUT2D eigenvalue weighted by molar-refractivity contribution is 7.97. The lowest BCUT2D eigenvalue weighted by Crippen LogP contribution is -2.58. The molecule has 1 saturated heterocycles. The van der Waals surface area contributed by atoms with Gasteiger partial charge in [-0.3, -0.25) is 9.69 Å². The Bertz CT molecular complexity index is 546. The fraction of sp³-hybridized carbons (Fsp3) is 0.667. The Kier molecular flexibility index (Phi) is 6.83. The second-order valence-corrected chi connectivity index (χ2v) is 8.51. The summed E-state index contributed by atoms with van der Waals surface area (Å²) in [5.74, 6) is 1.08. The third-order valence-electron chi connectivity index (χ3n) is 5.92. The molecule has 0 unspecified atom stereocenters. The summed E-state index contributed by atoms with van der Waals surface area (Å²) in [5, 5.41) is 3.27. The van der Waals surface area contributed by atoms with Crippen LogP contribution in [-0.4, -0.2) is 42.2 Å². The largest absolute Gasteiger partial charge is 0.350 e. The summed E-state index contributed by atoms with van der Waals surface area (Å²) < 4.78 is 0. The summed E-state index contributed by atoms with van der Waals surface area (Å²) in [6.07, 6.45) is 12.5. The van der Waals surface area contributed by atoms with E-state index in [0.29, 0.717) is 0 Å². The molecular formula is C21H32N2OS. The molecule has 0 radical (unpaired) electrons. The Morgan fingerprint density at radius 1 is 1.04 bits per heavy atom. The second kappa shape index (κ2) is 9.09. The number of rotatable bonds is 6. The van der Waals surface area contributed by atoms with E-state index in [1.54, 1.807) is 0 Å². The van der Waals surface area contributed by atoms with E-state index in [1.165, 1.54) is 70.0 Å². The highest BCUT2D eigenvalue weighted by atomic mass is 32.2. The molecule has 1 aliphatic heterocycles. The average molecular weight is 361 g/mol. The number of amides is 1. The van der Waals surface area contributed by atoms with Crippen molar-refractivity contribution in [3.05, 3.63) is 35.4 Å². The van der Waals surface area contributed by atoms with Crippen LogP contribution in [0.15, 0.2) is 24.3 Å². The SMILES string of the molecule is CSCc1ccc(C(=O)NCC2(N3CCCCC3)CCCCC2)cc1. The number of nitrogens with one attached hydrogen (secondary N) is 1. The topological polar surface area (TPSA) is 32.3 Å². The van der Waals surface area contributed by atoms with Crippen LogP contribution < -0.4 is 5.32 Å². The number of piperidine rings is 1. The molecule has 4 heteroatoms. The van der Waals surface area contributed by atoms with E-state index in [0.717, 1.165) is 17.9 Å². The van der Waals surface area contributed by atoms with E-state index in [4.69, 9.17) is 0 Å². The van der Waals surface area contributed by atoms with E-state index >= 15 is 0 Å².